The molecule has 3 fully saturated rings. The van der Waals surface area contributed by atoms with Gasteiger partial charge < -0.3 is 19.8 Å². The molecule has 7 nitrogen and oxygen atoms in total. The fourth-order valence-electron chi connectivity index (χ4n) is 8.60. The quantitative estimate of drug-likeness (QED) is 0.279. The van der Waals surface area contributed by atoms with Gasteiger partial charge in [-0.1, -0.05) is 70.2 Å². The van der Waals surface area contributed by atoms with Gasteiger partial charge in [-0.25, -0.2) is 0 Å². The van der Waals surface area contributed by atoms with Crippen LogP contribution in [0.1, 0.15) is 85.8 Å². The Bertz CT molecular complexity index is 1260. The monoisotopic (exact) mass is 623 g/mol. The number of carbonyl (C=O) groups is 3. The maximum absolute atomic E-state index is 15.2. The number of nitrogens with zero attached hydrogens (tertiary/aromatic N) is 3. The molecule has 1 N–H and O–H groups in total. The van der Waals surface area contributed by atoms with Crippen LogP contribution in [-0.4, -0.2) is 84.8 Å². The second kappa shape index (κ2) is 12.7. The van der Waals surface area contributed by atoms with Crippen LogP contribution in [0, 0.1) is 17.3 Å². The standard InChI is InChI=1S/C36H53N3O4S/c1-10-20-37(21-11-2)30(41)27-28-31(42)39(26(23-40)25-16-14-13-15-17-25)29(36(28)19-18-35(27,9)44-36)32(43)38(22-12-3)34(7,8)24-33(4,5)6/h10,12-17,26-29,40H,1,3,11,18-24H2,2,4-9H3/t26-,27+,28+,29?,35-,36?/m1/s1. The largest absolute Gasteiger partial charge is 0.394 e. The van der Waals surface area contributed by atoms with Gasteiger partial charge in [-0.3, -0.25) is 14.4 Å². The van der Waals surface area contributed by atoms with Gasteiger partial charge in [-0.05, 0) is 57.4 Å². The third-order valence-corrected chi connectivity index (χ3v) is 11.8. The Kier molecular flexibility index (Phi) is 9.87. The lowest BCUT2D eigenvalue weighted by atomic mass is 9.66. The molecule has 3 aliphatic heterocycles. The van der Waals surface area contributed by atoms with Crippen LogP contribution in [0.4, 0.5) is 0 Å². The Morgan fingerprint density at radius 3 is 2.27 bits per heavy atom. The van der Waals surface area contributed by atoms with E-state index in [0.29, 0.717) is 26.1 Å². The molecular formula is C36H53N3O4S. The summed E-state index contributed by atoms with van der Waals surface area (Å²) in [4.78, 5) is 49.9. The number of thioether (sulfide) groups is 1. The van der Waals surface area contributed by atoms with E-state index in [9.17, 15) is 14.7 Å². The van der Waals surface area contributed by atoms with Crippen molar-refractivity contribution in [3.63, 3.8) is 0 Å². The van der Waals surface area contributed by atoms with Crippen molar-refractivity contribution in [3.05, 3.63) is 61.2 Å². The number of hydrogen-bond acceptors (Lipinski definition) is 5. The highest BCUT2D eigenvalue weighted by molar-refractivity contribution is 8.02. The van der Waals surface area contributed by atoms with Crippen LogP contribution in [0.2, 0.25) is 0 Å². The number of fused-ring (bicyclic) bond motifs is 1. The predicted octanol–water partition coefficient (Wildman–Crippen LogP) is 5.86. The van der Waals surface area contributed by atoms with E-state index in [1.807, 2.05) is 47.1 Å². The lowest BCUT2D eigenvalue weighted by molar-refractivity contribution is -0.150. The summed E-state index contributed by atoms with van der Waals surface area (Å²) in [5.41, 5.74) is 0.192. The molecule has 1 aromatic rings. The first-order valence-corrected chi connectivity index (χ1v) is 16.9. The van der Waals surface area contributed by atoms with E-state index in [1.54, 1.807) is 28.8 Å². The van der Waals surface area contributed by atoms with Gasteiger partial charge in [-0.2, -0.15) is 0 Å². The lowest BCUT2D eigenvalue weighted by Gasteiger charge is -2.46. The molecule has 6 atom stereocenters. The first kappa shape index (κ1) is 34.3. The van der Waals surface area contributed by atoms with Gasteiger partial charge in [0.05, 0.1) is 29.2 Å². The van der Waals surface area contributed by atoms with Gasteiger partial charge in [0.1, 0.15) is 6.04 Å². The zero-order chi connectivity index (χ0) is 32.7. The van der Waals surface area contributed by atoms with Crippen LogP contribution in [0.3, 0.4) is 0 Å². The van der Waals surface area contributed by atoms with E-state index in [2.05, 4.69) is 54.7 Å². The van der Waals surface area contributed by atoms with Crippen LogP contribution in [0.25, 0.3) is 0 Å². The van der Waals surface area contributed by atoms with Crippen molar-refractivity contribution in [2.75, 3.05) is 26.2 Å². The van der Waals surface area contributed by atoms with E-state index < -0.39 is 39.0 Å². The van der Waals surface area contributed by atoms with Crippen molar-refractivity contribution < 1.29 is 19.5 Å². The Morgan fingerprint density at radius 1 is 1.09 bits per heavy atom. The Hall–Kier alpha value is -2.58. The molecule has 0 saturated carbocycles. The van der Waals surface area contributed by atoms with E-state index >= 15 is 4.79 Å². The highest BCUT2D eigenvalue weighted by Gasteiger charge is 2.78. The zero-order valence-corrected chi connectivity index (χ0v) is 28.7. The second-order valence-corrected chi connectivity index (χ2v) is 16.8. The van der Waals surface area contributed by atoms with Crippen LogP contribution < -0.4 is 0 Å². The minimum atomic E-state index is -0.833. The molecule has 0 radical (unpaired) electrons. The molecule has 1 aromatic carbocycles. The normalized spacial score (nSPS) is 28.5. The summed E-state index contributed by atoms with van der Waals surface area (Å²) in [6.07, 6.45) is 6.44. The highest BCUT2D eigenvalue weighted by atomic mass is 32.2. The summed E-state index contributed by atoms with van der Waals surface area (Å²) < 4.78 is -1.25. The lowest BCUT2D eigenvalue weighted by Crippen LogP contribution is -2.60. The van der Waals surface area contributed by atoms with E-state index in [0.717, 1.165) is 24.8 Å². The third kappa shape index (κ3) is 5.89. The van der Waals surface area contributed by atoms with E-state index in [-0.39, 0.29) is 29.7 Å². The van der Waals surface area contributed by atoms with E-state index in [1.165, 1.54) is 0 Å². The van der Waals surface area contributed by atoms with Crippen LogP contribution >= 0.6 is 11.8 Å². The van der Waals surface area contributed by atoms with Gasteiger partial charge in [-0.15, -0.1) is 24.9 Å². The molecule has 242 valence electrons. The Balaban J connectivity index is 1.90. The Labute approximate surface area is 269 Å². The molecule has 0 aliphatic carbocycles. The average molecular weight is 624 g/mol. The molecule has 3 amide bonds. The summed E-state index contributed by atoms with van der Waals surface area (Å²) in [5.74, 6) is -1.60. The number of rotatable bonds is 13. The van der Waals surface area contributed by atoms with Gasteiger partial charge in [0.2, 0.25) is 17.7 Å². The summed E-state index contributed by atoms with van der Waals surface area (Å²) in [5, 5.41) is 10.9. The Morgan fingerprint density at radius 2 is 1.73 bits per heavy atom. The number of aliphatic hydroxyl groups excluding tert-OH is 1. The first-order valence-electron chi connectivity index (χ1n) is 16.1. The molecule has 44 heavy (non-hydrogen) atoms. The molecular weight excluding hydrogens is 570 g/mol. The van der Waals surface area contributed by atoms with Crippen molar-refractivity contribution in [1.29, 1.82) is 0 Å². The van der Waals surface area contributed by atoms with E-state index in [4.69, 9.17) is 0 Å². The maximum Gasteiger partial charge on any atom is 0.247 e. The van der Waals surface area contributed by atoms with Gasteiger partial charge in [0.15, 0.2) is 0 Å². The van der Waals surface area contributed by atoms with Crippen molar-refractivity contribution in [2.45, 2.75) is 101 Å². The van der Waals surface area contributed by atoms with Gasteiger partial charge in [0.25, 0.3) is 0 Å². The highest BCUT2D eigenvalue weighted by Crippen LogP contribution is 2.72. The molecule has 3 saturated heterocycles. The number of hydrogen-bond donors (Lipinski definition) is 1. The van der Waals surface area contributed by atoms with Crippen molar-refractivity contribution >= 4 is 29.5 Å². The number of likely N-dealkylation sites (tertiary alicyclic amines) is 1. The summed E-state index contributed by atoms with van der Waals surface area (Å²) in [6, 6.07) is 7.92. The minimum absolute atomic E-state index is 0.0361. The number of amides is 3. The molecule has 4 rings (SSSR count). The van der Waals surface area contributed by atoms with Crippen LogP contribution in [0.5, 0.6) is 0 Å². The SMILES string of the molecule is C=CCN(CCC)C(=O)[C@@H]1[C@H]2C(=O)N([C@H](CO)c3ccccc3)C(C(=O)N(CC=C)C(C)(C)CC(C)(C)C)C23CC[C@@]1(C)S3. The number of aliphatic hydroxyl groups is 1. The van der Waals surface area contributed by atoms with Gasteiger partial charge in [0, 0.05) is 29.9 Å². The fourth-order valence-corrected chi connectivity index (χ4v) is 10.9. The minimum Gasteiger partial charge on any atom is -0.394 e. The third-order valence-electron chi connectivity index (χ3n) is 9.83. The molecule has 3 heterocycles. The first-order chi connectivity index (χ1) is 20.6. The summed E-state index contributed by atoms with van der Waals surface area (Å²) in [6.45, 7) is 23.7. The summed E-state index contributed by atoms with van der Waals surface area (Å²) in [7, 11) is 0. The summed E-state index contributed by atoms with van der Waals surface area (Å²) >= 11 is 1.68. The van der Waals surface area contributed by atoms with Crippen LogP contribution in [0.15, 0.2) is 55.6 Å². The predicted molar refractivity (Wildman–Crippen MR) is 179 cm³/mol. The molecule has 1 spiro atoms. The molecule has 0 aromatic heterocycles. The zero-order valence-electron chi connectivity index (χ0n) is 27.8. The van der Waals surface area contributed by atoms with Crippen LogP contribution in [-0.2, 0) is 14.4 Å². The molecule has 2 unspecified atom stereocenters. The average Bonchev–Trinajstić information content (AvgIpc) is 3.51. The van der Waals surface area contributed by atoms with Crippen molar-refractivity contribution in [3.8, 4) is 0 Å². The smallest absolute Gasteiger partial charge is 0.247 e. The van der Waals surface area contributed by atoms with Crippen molar-refractivity contribution in [1.82, 2.24) is 14.7 Å². The molecule has 3 aliphatic rings. The topological polar surface area (TPSA) is 81.2 Å². The fraction of sp³-hybridized carbons (Fsp3) is 0.639. The second-order valence-electron chi connectivity index (χ2n) is 14.9. The van der Waals surface area contributed by atoms with Gasteiger partial charge >= 0.3 is 0 Å². The molecule has 2 bridgehead atoms. The molecule has 8 heteroatoms. The number of carbonyl (C=O) groups excluding carboxylic acids is 3. The van der Waals surface area contributed by atoms with Crippen molar-refractivity contribution in [2.24, 2.45) is 17.3 Å². The number of benzene rings is 1. The maximum atomic E-state index is 15.2.